The number of rotatable bonds is 4. The molecule has 1 aromatic heterocycles. The predicted molar refractivity (Wildman–Crippen MR) is 77.0 cm³/mol. The molecule has 0 spiro atoms. The van der Waals surface area contributed by atoms with Gasteiger partial charge in [0.2, 0.25) is 0 Å². The van der Waals surface area contributed by atoms with E-state index in [4.69, 9.17) is 4.74 Å². The van der Waals surface area contributed by atoms with E-state index in [1.807, 2.05) is 26.0 Å². The first-order chi connectivity index (χ1) is 9.51. The number of benzene rings is 1. The number of phenols is 1. The Morgan fingerprint density at radius 2 is 1.95 bits per heavy atom. The molecule has 1 atom stereocenters. The Bertz CT molecular complexity index is 611. The zero-order chi connectivity index (χ0) is 14.7. The molecule has 2 rings (SSSR count). The topological polar surface area (TPSA) is 62.6 Å². The second kappa shape index (κ2) is 5.92. The Morgan fingerprint density at radius 3 is 2.55 bits per heavy atom. The Balaban J connectivity index is 2.19. The molecule has 0 radical (unpaired) electrons. The van der Waals surface area contributed by atoms with Crippen molar-refractivity contribution in [2.24, 2.45) is 0 Å². The fraction of sp³-hybridized carbons (Fsp3) is 0.312. The molecule has 2 aromatic rings. The van der Waals surface area contributed by atoms with Crippen molar-refractivity contribution >= 4 is 0 Å². The van der Waals surface area contributed by atoms with Crippen molar-refractivity contribution in [1.29, 1.82) is 0 Å². The predicted octanol–water partition coefficient (Wildman–Crippen LogP) is 2.69. The van der Waals surface area contributed by atoms with E-state index in [0.29, 0.717) is 17.7 Å². The number of methoxy groups -OCH3 is 1. The van der Waals surface area contributed by atoms with Gasteiger partial charge in [-0.25, -0.2) is 0 Å². The number of ether oxygens (including phenoxy) is 1. The molecule has 4 nitrogen and oxygen atoms in total. The van der Waals surface area contributed by atoms with Gasteiger partial charge >= 0.3 is 0 Å². The summed E-state index contributed by atoms with van der Waals surface area (Å²) >= 11 is 0. The van der Waals surface area contributed by atoms with E-state index < -0.39 is 6.10 Å². The van der Waals surface area contributed by atoms with Crippen LogP contribution in [0.5, 0.6) is 11.5 Å². The Hall–Kier alpha value is -2.07. The molecule has 0 fully saturated rings. The minimum absolute atomic E-state index is 0.0304. The fourth-order valence-corrected chi connectivity index (χ4v) is 2.17. The summed E-state index contributed by atoms with van der Waals surface area (Å²) in [5.41, 5.74) is 3.53. The molecule has 4 heteroatoms. The molecule has 0 saturated heterocycles. The molecule has 0 saturated carbocycles. The number of aromatic hydroxyl groups is 1. The Morgan fingerprint density at radius 1 is 1.20 bits per heavy atom. The number of hydrogen-bond donors (Lipinski definition) is 2. The standard InChI is InChI=1S/C16H19NO3/c1-10-4-5-12(11(2)17-10)8-14(18)13-6-7-16(20-3)15(19)9-13/h4-7,9,14,18-19H,8H2,1-3H3. The van der Waals surface area contributed by atoms with Crippen LogP contribution in [0, 0.1) is 13.8 Å². The van der Waals surface area contributed by atoms with Crippen LogP contribution in [0.25, 0.3) is 0 Å². The molecule has 0 aliphatic heterocycles. The molecule has 2 N–H and O–H groups in total. The molecule has 1 heterocycles. The third-order valence-corrected chi connectivity index (χ3v) is 3.34. The fourth-order valence-electron chi connectivity index (χ4n) is 2.17. The zero-order valence-corrected chi connectivity index (χ0v) is 11.9. The van der Waals surface area contributed by atoms with Crippen LogP contribution in [-0.2, 0) is 6.42 Å². The van der Waals surface area contributed by atoms with E-state index in [2.05, 4.69) is 4.98 Å². The van der Waals surface area contributed by atoms with Gasteiger partial charge < -0.3 is 14.9 Å². The maximum absolute atomic E-state index is 10.3. The molecule has 0 amide bonds. The van der Waals surface area contributed by atoms with Crippen LogP contribution in [-0.4, -0.2) is 22.3 Å². The summed E-state index contributed by atoms with van der Waals surface area (Å²) in [6, 6.07) is 8.83. The number of nitrogens with zero attached hydrogens (tertiary/aromatic N) is 1. The lowest BCUT2D eigenvalue weighted by atomic mass is 10.00. The number of phenolic OH excluding ortho intramolecular Hbond substituents is 1. The lowest BCUT2D eigenvalue weighted by Crippen LogP contribution is -2.04. The minimum Gasteiger partial charge on any atom is -0.504 e. The van der Waals surface area contributed by atoms with Crippen molar-refractivity contribution in [2.45, 2.75) is 26.4 Å². The number of hydrogen-bond acceptors (Lipinski definition) is 4. The van der Waals surface area contributed by atoms with Gasteiger partial charge in [0.1, 0.15) is 0 Å². The summed E-state index contributed by atoms with van der Waals surface area (Å²) < 4.78 is 4.99. The van der Waals surface area contributed by atoms with Crippen molar-refractivity contribution in [3.8, 4) is 11.5 Å². The summed E-state index contributed by atoms with van der Waals surface area (Å²) in [4.78, 5) is 4.38. The van der Waals surface area contributed by atoms with Crippen LogP contribution < -0.4 is 4.74 Å². The molecular formula is C16H19NO3. The Labute approximate surface area is 118 Å². The third-order valence-electron chi connectivity index (χ3n) is 3.34. The molecule has 20 heavy (non-hydrogen) atoms. The summed E-state index contributed by atoms with van der Waals surface area (Å²) in [6.45, 7) is 3.87. The largest absolute Gasteiger partial charge is 0.504 e. The van der Waals surface area contributed by atoms with Crippen LogP contribution in [0.1, 0.15) is 28.6 Å². The van der Waals surface area contributed by atoms with Gasteiger partial charge in [-0.15, -0.1) is 0 Å². The lowest BCUT2D eigenvalue weighted by molar-refractivity contribution is 0.177. The molecular weight excluding hydrogens is 254 g/mol. The van der Waals surface area contributed by atoms with Crippen LogP contribution in [0.3, 0.4) is 0 Å². The first-order valence-electron chi connectivity index (χ1n) is 6.49. The van der Waals surface area contributed by atoms with Gasteiger partial charge in [-0.1, -0.05) is 12.1 Å². The first-order valence-corrected chi connectivity index (χ1v) is 6.49. The monoisotopic (exact) mass is 273 g/mol. The molecule has 1 unspecified atom stereocenters. The quantitative estimate of drug-likeness (QED) is 0.899. The van der Waals surface area contributed by atoms with Crippen molar-refractivity contribution in [2.75, 3.05) is 7.11 Å². The van der Waals surface area contributed by atoms with Crippen LogP contribution in [0.2, 0.25) is 0 Å². The minimum atomic E-state index is -0.685. The lowest BCUT2D eigenvalue weighted by Gasteiger charge is -2.14. The second-order valence-electron chi connectivity index (χ2n) is 4.85. The van der Waals surface area contributed by atoms with E-state index in [1.54, 1.807) is 12.1 Å². The molecule has 0 bridgehead atoms. The molecule has 0 aliphatic carbocycles. The Kier molecular flexibility index (Phi) is 4.25. The zero-order valence-electron chi connectivity index (χ0n) is 11.9. The molecule has 1 aromatic carbocycles. The SMILES string of the molecule is COc1ccc(C(O)Cc2ccc(C)nc2C)cc1O. The van der Waals surface area contributed by atoms with E-state index in [9.17, 15) is 10.2 Å². The van der Waals surface area contributed by atoms with Crippen LogP contribution in [0.15, 0.2) is 30.3 Å². The van der Waals surface area contributed by atoms with E-state index in [1.165, 1.54) is 13.2 Å². The summed E-state index contributed by atoms with van der Waals surface area (Å²) in [6.07, 6.45) is -0.222. The first kappa shape index (κ1) is 14.3. The van der Waals surface area contributed by atoms with Gasteiger partial charge in [0.25, 0.3) is 0 Å². The molecule has 106 valence electrons. The van der Waals surface area contributed by atoms with Crippen molar-refractivity contribution < 1.29 is 14.9 Å². The van der Waals surface area contributed by atoms with Gasteiger partial charge in [-0.05, 0) is 43.2 Å². The van der Waals surface area contributed by atoms with E-state index in [-0.39, 0.29) is 5.75 Å². The summed E-state index contributed by atoms with van der Waals surface area (Å²) in [5.74, 6) is 0.428. The highest BCUT2D eigenvalue weighted by molar-refractivity contribution is 5.42. The summed E-state index contributed by atoms with van der Waals surface area (Å²) in [7, 11) is 1.49. The number of pyridine rings is 1. The van der Waals surface area contributed by atoms with Crippen LogP contribution >= 0.6 is 0 Å². The number of aliphatic hydroxyl groups is 1. The average Bonchev–Trinajstić information content (AvgIpc) is 2.41. The van der Waals surface area contributed by atoms with E-state index in [0.717, 1.165) is 17.0 Å². The van der Waals surface area contributed by atoms with Gasteiger partial charge in [-0.3, -0.25) is 4.98 Å². The van der Waals surface area contributed by atoms with Gasteiger partial charge in [0.15, 0.2) is 11.5 Å². The number of aromatic nitrogens is 1. The highest BCUT2D eigenvalue weighted by Crippen LogP contribution is 2.30. The normalized spacial score (nSPS) is 12.2. The maximum Gasteiger partial charge on any atom is 0.160 e. The van der Waals surface area contributed by atoms with Crippen molar-refractivity contribution in [3.63, 3.8) is 0 Å². The highest BCUT2D eigenvalue weighted by atomic mass is 16.5. The smallest absolute Gasteiger partial charge is 0.160 e. The third kappa shape index (κ3) is 3.08. The van der Waals surface area contributed by atoms with Gasteiger partial charge in [-0.2, -0.15) is 0 Å². The second-order valence-corrected chi connectivity index (χ2v) is 4.85. The van der Waals surface area contributed by atoms with Gasteiger partial charge in [0.05, 0.1) is 13.2 Å². The number of aliphatic hydroxyl groups excluding tert-OH is 1. The average molecular weight is 273 g/mol. The van der Waals surface area contributed by atoms with E-state index >= 15 is 0 Å². The van der Waals surface area contributed by atoms with Crippen molar-refractivity contribution in [1.82, 2.24) is 4.98 Å². The van der Waals surface area contributed by atoms with Crippen molar-refractivity contribution in [3.05, 3.63) is 52.8 Å². The summed E-state index contributed by atoms with van der Waals surface area (Å²) in [5, 5.41) is 20.0. The number of aryl methyl sites for hydroxylation is 2. The van der Waals surface area contributed by atoms with Crippen LogP contribution in [0.4, 0.5) is 0 Å². The van der Waals surface area contributed by atoms with Gasteiger partial charge in [0, 0.05) is 17.8 Å². The highest BCUT2D eigenvalue weighted by Gasteiger charge is 2.13. The molecule has 0 aliphatic rings. The maximum atomic E-state index is 10.3.